The van der Waals surface area contributed by atoms with Gasteiger partial charge in [-0.15, -0.1) is 5.10 Å². The molecule has 0 bridgehead atoms. The van der Waals surface area contributed by atoms with Gasteiger partial charge < -0.3 is 15.4 Å². The van der Waals surface area contributed by atoms with Gasteiger partial charge in [0.25, 0.3) is 0 Å². The molecule has 0 aliphatic carbocycles. The van der Waals surface area contributed by atoms with Crippen LogP contribution in [-0.2, 0) is 12.8 Å². The van der Waals surface area contributed by atoms with Crippen LogP contribution in [-0.4, -0.2) is 21.0 Å². The van der Waals surface area contributed by atoms with Gasteiger partial charge in [0.1, 0.15) is 18.1 Å². The molecule has 4 rings (SSSR count). The Labute approximate surface area is 207 Å². The molecule has 0 unspecified atom stereocenters. The molecule has 2 N–H and O–H groups in total. The number of alkyl halides is 3. The number of hydrogen-bond acceptors (Lipinski definition) is 4. The van der Waals surface area contributed by atoms with Crippen LogP contribution in [0, 0.1) is 0 Å². The molecule has 0 radical (unpaired) electrons. The van der Waals surface area contributed by atoms with Crippen LogP contribution in [0.2, 0.25) is 10.0 Å². The molecule has 35 heavy (non-hydrogen) atoms. The number of aromatic nitrogens is 3. The van der Waals surface area contributed by atoms with Crippen molar-refractivity contribution in [3.05, 3.63) is 94.2 Å². The molecule has 0 saturated carbocycles. The first kappa shape index (κ1) is 24.4. The van der Waals surface area contributed by atoms with Crippen molar-refractivity contribution in [3.63, 3.8) is 0 Å². The van der Waals surface area contributed by atoms with E-state index < -0.39 is 22.8 Å². The van der Waals surface area contributed by atoms with Gasteiger partial charge in [0.2, 0.25) is 0 Å². The molecule has 0 aliphatic heterocycles. The fraction of sp³-hybridized carbons (Fsp3) is 0.0870. The first-order chi connectivity index (χ1) is 16.7. The summed E-state index contributed by atoms with van der Waals surface area (Å²) in [6, 6.07) is 16.0. The highest BCUT2D eigenvalue weighted by Gasteiger charge is 2.33. The number of para-hydroxylation sites is 1. The summed E-state index contributed by atoms with van der Waals surface area (Å²) in [7, 11) is 0. The molecule has 3 aromatic carbocycles. The number of carbonyl (C=O) groups is 1. The van der Waals surface area contributed by atoms with Gasteiger partial charge in [-0.3, -0.25) is 0 Å². The number of anilines is 2. The van der Waals surface area contributed by atoms with Gasteiger partial charge in [0, 0.05) is 17.4 Å². The van der Waals surface area contributed by atoms with E-state index in [1.807, 2.05) is 12.1 Å². The minimum atomic E-state index is -4.64. The Kier molecular flexibility index (Phi) is 7.13. The zero-order chi connectivity index (χ0) is 25.0. The molecular formula is C23H16Cl2F3N5O2. The van der Waals surface area contributed by atoms with Gasteiger partial charge in [0.05, 0.1) is 27.5 Å². The number of ether oxygens (including phenoxy) is 1. The van der Waals surface area contributed by atoms with Crippen molar-refractivity contribution in [1.29, 1.82) is 0 Å². The lowest BCUT2D eigenvalue weighted by Gasteiger charge is -2.13. The van der Waals surface area contributed by atoms with Gasteiger partial charge in [-0.25, -0.2) is 9.48 Å². The van der Waals surface area contributed by atoms with E-state index in [-0.39, 0.29) is 12.3 Å². The number of nitrogens with one attached hydrogen (secondary N) is 2. The van der Waals surface area contributed by atoms with E-state index in [1.165, 1.54) is 10.7 Å². The van der Waals surface area contributed by atoms with Crippen molar-refractivity contribution in [1.82, 2.24) is 15.0 Å². The summed E-state index contributed by atoms with van der Waals surface area (Å²) in [5.41, 5.74) is 0.481. The second-order valence-corrected chi connectivity index (χ2v) is 8.01. The molecule has 0 atom stereocenters. The number of benzene rings is 3. The summed E-state index contributed by atoms with van der Waals surface area (Å²) >= 11 is 11.8. The molecule has 4 aromatic rings. The fourth-order valence-electron chi connectivity index (χ4n) is 3.05. The van der Waals surface area contributed by atoms with Crippen LogP contribution in [0.25, 0.3) is 5.69 Å². The van der Waals surface area contributed by atoms with Crippen molar-refractivity contribution in [2.75, 3.05) is 10.6 Å². The minimum Gasteiger partial charge on any atom is -0.487 e. The molecule has 0 aliphatic rings. The van der Waals surface area contributed by atoms with E-state index in [1.54, 1.807) is 42.6 Å². The molecule has 2 amide bonds. The molecular weight excluding hydrogens is 506 g/mol. The van der Waals surface area contributed by atoms with Gasteiger partial charge in [0.15, 0.2) is 0 Å². The molecule has 0 fully saturated rings. The summed E-state index contributed by atoms with van der Waals surface area (Å²) in [6.45, 7) is 0.102. The Morgan fingerprint density at radius 3 is 2.43 bits per heavy atom. The van der Waals surface area contributed by atoms with E-state index in [0.717, 1.165) is 12.1 Å². The third kappa shape index (κ3) is 6.23. The fourth-order valence-corrected chi connectivity index (χ4v) is 3.50. The third-order valence-electron chi connectivity index (χ3n) is 4.65. The molecule has 1 aromatic heterocycles. The standard InChI is InChI=1S/C23H16Cl2F3N5O2/c24-19-9-8-15(11-18(19)23(26,27)28)30-22(34)29-14-4-3-5-17(10-14)35-13-16-12-33(32-31-16)21-7-2-1-6-20(21)25/h1-12H,13H2,(H2,29,30,34). The normalized spacial score (nSPS) is 11.2. The Bertz CT molecular complexity index is 1360. The molecule has 1 heterocycles. The van der Waals surface area contributed by atoms with Crippen molar-refractivity contribution in [2.45, 2.75) is 12.8 Å². The van der Waals surface area contributed by atoms with E-state index in [2.05, 4.69) is 20.9 Å². The highest BCUT2D eigenvalue weighted by Crippen LogP contribution is 2.36. The summed E-state index contributed by atoms with van der Waals surface area (Å²) < 4.78 is 46.3. The van der Waals surface area contributed by atoms with Crippen molar-refractivity contribution < 1.29 is 22.7 Å². The number of rotatable bonds is 6. The molecule has 0 spiro atoms. The van der Waals surface area contributed by atoms with E-state index in [4.69, 9.17) is 27.9 Å². The monoisotopic (exact) mass is 521 g/mol. The number of halogens is 5. The van der Waals surface area contributed by atoms with Gasteiger partial charge >= 0.3 is 12.2 Å². The third-order valence-corrected chi connectivity index (χ3v) is 5.30. The van der Waals surface area contributed by atoms with Crippen LogP contribution >= 0.6 is 23.2 Å². The highest BCUT2D eigenvalue weighted by molar-refractivity contribution is 6.32. The average molecular weight is 522 g/mol. The van der Waals surface area contributed by atoms with Crippen molar-refractivity contribution in [2.24, 2.45) is 0 Å². The van der Waals surface area contributed by atoms with E-state index in [0.29, 0.717) is 27.8 Å². The maximum atomic E-state index is 13.0. The zero-order valence-corrected chi connectivity index (χ0v) is 19.2. The summed E-state index contributed by atoms with van der Waals surface area (Å²) in [4.78, 5) is 12.3. The van der Waals surface area contributed by atoms with Crippen LogP contribution in [0.4, 0.5) is 29.3 Å². The zero-order valence-electron chi connectivity index (χ0n) is 17.7. The SMILES string of the molecule is O=C(Nc1cccc(OCc2cn(-c3ccccc3Cl)nn2)c1)Nc1ccc(Cl)c(C(F)(F)F)c1. The van der Waals surface area contributed by atoms with Crippen LogP contribution in [0.3, 0.4) is 0 Å². The van der Waals surface area contributed by atoms with Crippen LogP contribution in [0.1, 0.15) is 11.3 Å². The predicted octanol–water partition coefficient (Wildman–Crippen LogP) is 6.82. The molecule has 0 saturated heterocycles. The second-order valence-electron chi connectivity index (χ2n) is 7.19. The van der Waals surface area contributed by atoms with Crippen molar-refractivity contribution >= 4 is 40.6 Å². The first-order valence-electron chi connectivity index (χ1n) is 10.0. The summed E-state index contributed by atoms with van der Waals surface area (Å²) in [6.07, 6.45) is -2.96. The van der Waals surface area contributed by atoms with Crippen LogP contribution in [0.15, 0.2) is 72.9 Å². The lowest BCUT2D eigenvalue weighted by Crippen LogP contribution is -2.20. The second kappa shape index (κ2) is 10.2. The first-order valence-corrected chi connectivity index (χ1v) is 10.8. The average Bonchev–Trinajstić information content (AvgIpc) is 3.27. The predicted molar refractivity (Wildman–Crippen MR) is 126 cm³/mol. The topological polar surface area (TPSA) is 81.1 Å². The lowest BCUT2D eigenvalue weighted by atomic mass is 10.2. The largest absolute Gasteiger partial charge is 0.487 e. The molecule has 180 valence electrons. The maximum absolute atomic E-state index is 13.0. The maximum Gasteiger partial charge on any atom is 0.417 e. The smallest absolute Gasteiger partial charge is 0.417 e. The van der Waals surface area contributed by atoms with E-state index in [9.17, 15) is 18.0 Å². The van der Waals surface area contributed by atoms with Crippen LogP contribution in [0.5, 0.6) is 5.75 Å². The van der Waals surface area contributed by atoms with Gasteiger partial charge in [-0.1, -0.05) is 46.6 Å². The van der Waals surface area contributed by atoms with Crippen LogP contribution < -0.4 is 15.4 Å². The number of nitrogens with zero attached hydrogens (tertiary/aromatic N) is 3. The van der Waals surface area contributed by atoms with Gasteiger partial charge in [-0.2, -0.15) is 13.2 Å². The summed E-state index contributed by atoms with van der Waals surface area (Å²) in [5, 5.41) is 13.1. The Balaban J connectivity index is 1.37. The Morgan fingerprint density at radius 1 is 0.943 bits per heavy atom. The quantitative estimate of drug-likeness (QED) is 0.291. The summed E-state index contributed by atoms with van der Waals surface area (Å²) in [5.74, 6) is 0.431. The number of carbonyl (C=O) groups excluding carboxylic acids is 1. The number of hydrogen-bond donors (Lipinski definition) is 2. The number of amides is 2. The highest BCUT2D eigenvalue weighted by atomic mass is 35.5. The molecule has 7 nitrogen and oxygen atoms in total. The van der Waals surface area contributed by atoms with Gasteiger partial charge in [-0.05, 0) is 42.5 Å². The minimum absolute atomic E-state index is 0.0618. The Morgan fingerprint density at radius 2 is 1.69 bits per heavy atom. The van der Waals surface area contributed by atoms with Crippen molar-refractivity contribution in [3.8, 4) is 11.4 Å². The number of urea groups is 1. The Hall–Kier alpha value is -3.76. The lowest BCUT2D eigenvalue weighted by molar-refractivity contribution is -0.137. The molecule has 12 heteroatoms. The van der Waals surface area contributed by atoms with E-state index >= 15 is 0 Å².